The lowest BCUT2D eigenvalue weighted by Gasteiger charge is -1.85. The summed E-state index contributed by atoms with van der Waals surface area (Å²) in [6.45, 7) is 2.04. The van der Waals surface area contributed by atoms with E-state index in [9.17, 15) is 14.4 Å². The third-order valence-electron chi connectivity index (χ3n) is 0.934. The fraction of sp³-hybridized carbons (Fsp3) is 0.625. The van der Waals surface area contributed by atoms with Crippen LogP contribution in [0.2, 0.25) is 0 Å². The number of carbonyl (C=O) groups is 3. The van der Waals surface area contributed by atoms with Crippen LogP contribution in [-0.2, 0) is 14.4 Å². The molecule has 0 radical (unpaired) electrons. The van der Waals surface area contributed by atoms with E-state index in [-0.39, 0.29) is 11.3 Å². The molecule has 1 N–H and O–H groups in total. The largest absolute Gasteiger partial charge is 0.313 e. The van der Waals surface area contributed by atoms with E-state index in [1.165, 1.54) is 0 Å². The first kappa shape index (κ1) is 14.9. The Morgan fingerprint density at radius 3 is 2.08 bits per heavy atom. The third kappa shape index (κ3) is 24.6. The van der Waals surface area contributed by atoms with Crippen molar-refractivity contribution in [3.8, 4) is 0 Å². The van der Waals surface area contributed by atoms with Crippen LogP contribution < -0.4 is 5.32 Å². The number of nitrogens with one attached hydrogen (secondary N) is 1. The standard InChI is InChI=1S/C4H9NO.C4H7O2P/c1-4(6)3-5-2;5-3-1-2-4(6)7/h5H,3H2,1-2H3;3H,1-2,7H2. The fourth-order valence-corrected chi connectivity index (χ4v) is 0.617. The van der Waals surface area contributed by atoms with Gasteiger partial charge in [-0.05, 0) is 14.0 Å². The molecule has 0 fully saturated rings. The van der Waals surface area contributed by atoms with Crippen LogP contribution in [-0.4, -0.2) is 31.2 Å². The van der Waals surface area contributed by atoms with Crippen molar-refractivity contribution in [3.63, 3.8) is 0 Å². The van der Waals surface area contributed by atoms with Crippen molar-refractivity contribution in [2.75, 3.05) is 13.6 Å². The summed E-state index contributed by atoms with van der Waals surface area (Å²) >= 11 is 0. The number of carbonyl (C=O) groups excluding carboxylic acids is 3. The predicted octanol–water partition coefficient (Wildman–Crippen LogP) is 0.162. The Balaban J connectivity index is 0. The van der Waals surface area contributed by atoms with Crippen LogP contribution in [0.3, 0.4) is 0 Å². The van der Waals surface area contributed by atoms with Crippen LogP contribution in [0.25, 0.3) is 0 Å². The Bertz CT molecular complexity index is 171. The normalized spacial score (nSPS) is 8.23. The zero-order valence-electron chi connectivity index (χ0n) is 8.00. The molecule has 0 aromatic rings. The highest BCUT2D eigenvalue weighted by Gasteiger charge is 1.87. The summed E-state index contributed by atoms with van der Waals surface area (Å²) in [6, 6.07) is 0. The lowest BCUT2D eigenvalue weighted by atomic mass is 10.4. The minimum atomic E-state index is -0.00731. The number of rotatable bonds is 5. The molecule has 5 heteroatoms. The molecule has 0 amide bonds. The molecule has 0 aromatic heterocycles. The minimum absolute atomic E-state index is 0.00731. The monoisotopic (exact) mass is 205 g/mol. The van der Waals surface area contributed by atoms with Gasteiger partial charge in [0.15, 0.2) is 0 Å². The number of Topliss-reactive ketones (excluding diaryl/α,β-unsaturated/α-hetero) is 1. The summed E-state index contributed by atoms with van der Waals surface area (Å²) < 4.78 is 0. The zero-order valence-corrected chi connectivity index (χ0v) is 9.16. The van der Waals surface area contributed by atoms with E-state index in [1.54, 1.807) is 14.0 Å². The maximum atomic E-state index is 10.0. The third-order valence-corrected chi connectivity index (χ3v) is 1.22. The Morgan fingerprint density at radius 2 is 2.00 bits per heavy atom. The fourth-order valence-electron chi connectivity index (χ4n) is 0.450. The highest BCUT2D eigenvalue weighted by molar-refractivity contribution is 7.40. The molecular weight excluding hydrogens is 189 g/mol. The number of ketones is 1. The van der Waals surface area contributed by atoms with Crippen LogP contribution in [0, 0.1) is 0 Å². The second-order valence-electron chi connectivity index (χ2n) is 2.40. The van der Waals surface area contributed by atoms with Crippen molar-refractivity contribution in [2.45, 2.75) is 19.8 Å². The average molecular weight is 205 g/mol. The molecule has 13 heavy (non-hydrogen) atoms. The Labute approximate surface area is 80.7 Å². The summed E-state index contributed by atoms with van der Waals surface area (Å²) in [5, 5.41) is 2.72. The SMILES string of the molecule is CNCC(C)=O.O=CCCC(=O)P. The van der Waals surface area contributed by atoms with Crippen molar-refractivity contribution in [3.05, 3.63) is 0 Å². The molecule has 0 aliphatic carbocycles. The van der Waals surface area contributed by atoms with Crippen molar-refractivity contribution >= 4 is 26.8 Å². The van der Waals surface area contributed by atoms with Crippen molar-refractivity contribution in [2.24, 2.45) is 0 Å². The molecule has 0 bridgehead atoms. The van der Waals surface area contributed by atoms with Crippen molar-refractivity contribution in [1.29, 1.82) is 0 Å². The lowest BCUT2D eigenvalue weighted by Crippen LogP contribution is -2.14. The molecule has 0 aliphatic heterocycles. The van der Waals surface area contributed by atoms with Crippen molar-refractivity contribution in [1.82, 2.24) is 5.32 Å². The quantitative estimate of drug-likeness (QED) is 0.513. The highest BCUT2D eigenvalue weighted by atomic mass is 31.0. The number of likely N-dealkylation sites (N-methyl/N-ethyl adjacent to an activating group) is 1. The van der Waals surface area contributed by atoms with Gasteiger partial charge in [-0.3, -0.25) is 9.59 Å². The predicted molar refractivity (Wildman–Crippen MR) is 54.6 cm³/mol. The first-order chi connectivity index (χ1) is 6.04. The van der Waals surface area contributed by atoms with Gasteiger partial charge in [0.2, 0.25) is 0 Å². The van der Waals surface area contributed by atoms with E-state index >= 15 is 0 Å². The number of hydrogen-bond donors (Lipinski definition) is 1. The summed E-state index contributed by atoms with van der Waals surface area (Å²) in [4.78, 5) is 29.5. The number of aldehydes is 1. The molecule has 0 heterocycles. The second-order valence-corrected chi connectivity index (χ2v) is 3.05. The maximum Gasteiger partial charge on any atom is 0.148 e. The molecule has 76 valence electrons. The molecule has 0 aromatic carbocycles. The van der Waals surface area contributed by atoms with Gasteiger partial charge in [0.25, 0.3) is 0 Å². The van der Waals surface area contributed by atoms with Gasteiger partial charge in [0, 0.05) is 12.8 Å². The first-order valence-electron chi connectivity index (χ1n) is 3.90. The van der Waals surface area contributed by atoms with Crippen molar-refractivity contribution < 1.29 is 14.4 Å². The van der Waals surface area contributed by atoms with E-state index in [0.29, 0.717) is 19.4 Å². The molecule has 0 aliphatic rings. The molecule has 0 saturated carbocycles. The van der Waals surface area contributed by atoms with E-state index in [1.807, 2.05) is 9.24 Å². The van der Waals surface area contributed by atoms with E-state index in [2.05, 4.69) is 5.32 Å². The molecule has 1 unspecified atom stereocenters. The van der Waals surface area contributed by atoms with Gasteiger partial charge in [0.1, 0.15) is 17.6 Å². The van der Waals surface area contributed by atoms with Gasteiger partial charge >= 0.3 is 0 Å². The van der Waals surface area contributed by atoms with Gasteiger partial charge in [-0.1, -0.05) is 9.24 Å². The van der Waals surface area contributed by atoms with E-state index in [4.69, 9.17) is 0 Å². The van der Waals surface area contributed by atoms with Crippen LogP contribution in [0.4, 0.5) is 0 Å². The van der Waals surface area contributed by atoms with Crippen LogP contribution in [0.1, 0.15) is 19.8 Å². The summed E-state index contributed by atoms with van der Waals surface area (Å²) in [5.41, 5.74) is -0.00731. The summed E-state index contributed by atoms with van der Waals surface area (Å²) in [6.07, 6.45) is 1.44. The smallest absolute Gasteiger partial charge is 0.148 e. The van der Waals surface area contributed by atoms with Gasteiger partial charge in [-0.25, -0.2) is 0 Å². The lowest BCUT2D eigenvalue weighted by molar-refractivity contribution is -0.116. The second kappa shape index (κ2) is 11.4. The van der Waals surface area contributed by atoms with Gasteiger partial charge < -0.3 is 10.1 Å². The van der Waals surface area contributed by atoms with Gasteiger partial charge in [-0.15, -0.1) is 0 Å². The first-order valence-corrected chi connectivity index (χ1v) is 4.48. The van der Waals surface area contributed by atoms with Crippen LogP contribution >= 0.6 is 9.24 Å². The maximum absolute atomic E-state index is 10.0. The Kier molecular flexibility index (Phi) is 13.1. The van der Waals surface area contributed by atoms with Crippen LogP contribution in [0.15, 0.2) is 0 Å². The molecular formula is C8H16NO3P. The van der Waals surface area contributed by atoms with E-state index < -0.39 is 0 Å². The zero-order chi connectivity index (χ0) is 10.7. The molecule has 0 rings (SSSR count). The van der Waals surface area contributed by atoms with Gasteiger partial charge in [0.05, 0.1) is 6.54 Å². The Hall–Kier alpha value is -0.600. The summed E-state index contributed by atoms with van der Waals surface area (Å²) in [5.74, 6) is 0.178. The average Bonchev–Trinajstić information content (AvgIpc) is 2.01. The highest BCUT2D eigenvalue weighted by Crippen LogP contribution is 1.92. The molecule has 0 saturated heterocycles. The van der Waals surface area contributed by atoms with Gasteiger partial charge in [-0.2, -0.15) is 0 Å². The minimum Gasteiger partial charge on any atom is -0.313 e. The summed E-state index contributed by atoms with van der Waals surface area (Å²) in [7, 11) is 3.76. The number of hydrogen-bond acceptors (Lipinski definition) is 4. The Morgan fingerprint density at radius 1 is 1.46 bits per heavy atom. The molecule has 4 nitrogen and oxygen atoms in total. The molecule has 0 spiro atoms. The molecule has 1 atom stereocenters. The topological polar surface area (TPSA) is 63.2 Å². The van der Waals surface area contributed by atoms with Crippen LogP contribution in [0.5, 0.6) is 0 Å². The van der Waals surface area contributed by atoms with E-state index in [0.717, 1.165) is 6.29 Å².